The third-order valence-electron chi connectivity index (χ3n) is 9.15. The number of benzene rings is 2. The second-order valence-corrected chi connectivity index (χ2v) is 11.9. The summed E-state index contributed by atoms with van der Waals surface area (Å²) >= 11 is 0. The lowest BCUT2D eigenvalue weighted by molar-refractivity contribution is -0.151. The van der Waals surface area contributed by atoms with Crippen molar-refractivity contribution in [3.8, 4) is 23.7 Å². The molecule has 4 aliphatic heterocycles. The van der Waals surface area contributed by atoms with Crippen LogP contribution in [-0.4, -0.2) is 108 Å². The number of imide groups is 2. The number of nitrogens with zero attached hydrogens (tertiary/aromatic N) is 4. The molecule has 12 heteroatoms. The molecule has 0 spiro atoms. The van der Waals surface area contributed by atoms with Gasteiger partial charge in [0.25, 0.3) is 23.6 Å². The number of likely N-dealkylation sites (N-methyl/N-ethyl adjacent to an activating group) is 2. The summed E-state index contributed by atoms with van der Waals surface area (Å²) in [7, 11) is 2.89. The predicted molar refractivity (Wildman–Crippen MR) is 170 cm³/mol. The van der Waals surface area contributed by atoms with Crippen LogP contribution in [0.3, 0.4) is 0 Å². The summed E-state index contributed by atoms with van der Waals surface area (Å²) in [6, 6.07) is 9.29. The van der Waals surface area contributed by atoms with E-state index in [1.165, 1.54) is 23.9 Å². The quantitative estimate of drug-likeness (QED) is 0.249. The minimum absolute atomic E-state index is 0.151. The smallest absolute Gasteiger partial charge is 0.255 e. The van der Waals surface area contributed by atoms with E-state index in [4.69, 9.17) is 9.47 Å². The summed E-state index contributed by atoms with van der Waals surface area (Å²) in [5, 5.41) is 0. The highest BCUT2D eigenvalue weighted by atomic mass is 16.5. The Morgan fingerprint density at radius 1 is 0.646 bits per heavy atom. The lowest BCUT2D eigenvalue weighted by Crippen LogP contribution is -2.53. The Bertz CT molecular complexity index is 1710. The minimum Gasteiger partial charge on any atom is -0.366 e. The Kier molecular flexibility index (Phi) is 9.40. The van der Waals surface area contributed by atoms with Crippen molar-refractivity contribution in [1.82, 2.24) is 19.6 Å². The minimum atomic E-state index is -0.667. The molecule has 246 valence electrons. The molecule has 4 aliphatic rings. The van der Waals surface area contributed by atoms with E-state index in [0.29, 0.717) is 48.3 Å². The van der Waals surface area contributed by atoms with Crippen LogP contribution in [-0.2, 0) is 41.7 Å². The van der Waals surface area contributed by atoms with Crippen LogP contribution in [0.5, 0.6) is 0 Å². The van der Waals surface area contributed by atoms with Gasteiger partial charge < -0.3 is 19.3 Å². The van der Waals surface area contributed by atoms with Gasteiger partial charge in [-0.2, -0.15) is 0 Å². The van der Waals surface area contributed by atoms with E-state index in [-0.39, 0.29) is 74.6 Å². The fraction of sp³-hybridized carbons (Fsp3) is 0.389. The molecule has 6 amide bonds. The molecule has 2 aromatic carbocycles. The lowest BCUT2D eigenvalue weighted by atomic mass is 10.0. The Balaban J connectivity index is 0.957. The van der Waals surface area contributed by atoms with Gasteiger partial charge in [-0.25, -0.2) is 0 Å². The van der Waals surface area contributed by atoms with Gasteiger partial charge in [-0.1, -0.05) is 35.8 Å². The van der Waals surface area contributed by atoms with Crippen LogP contribution in [0.4, 0.5) is 0 Å². The Morgan fingerprint density at radius 2 is 1.06 bits per heavy atom. The van der Waals surface area contributed by atoms with Gasteiger partial charge in [-0.05, 0) is 48.2 Å². The number of amides is 6. The highest BCUT2D eigenvalue weighted by Gasteiger charge is 2.43. The van der Waals surface area contributed by atoms with E-state index >= 15 is 0 Å². The number of carbonyl (C=O) groups is 6. The van der Waals surface area contributed by atoms with Crippen molar-refractivity contribution in [2.24, 2.45) is 0 Å². The number of rotatable bonds is 7. The van der Waals surface area contributed by atoms with Gasteiger partial charge >= 0.3 is 0 Å². The van der Waals surface area contributed by atoms with Crippen molar-refractivity contribution in [1.29, 1.82) is 0 Å². The molecule has 2 atom stereocenters. The SMILES string of the molecule is CN1C(=O)CCC(N2Cc3c(C#CCOCCOCC#Cc4cccc5c4CN(C4CCC(=O)N(C)C4=O)C5=O)cccc3C2=O)C1=O. The topological polar surface area (TPSA) is 134 Å². The fourth-order valence-electron chi connectivity index (χ4n) is 6.45. The van der Waals surface area contributed by atoms with Crippen LogP contribution in [0.15, 0.2) is 36.4 Å². The Labute approximate surface area is 277 Å². The molecule has 0 radical (unpaired) electrons. The molecule has 0 N–H and O–H groups in total. The Hall–Kier alpha value is -5.30. The molecule has 0 bridgehead atoms. The number of hydrogen-bond acceptors (Lipinski definition) is 8. The van der Waals surface area contributed by atoms with Gasteiger partial charge in [-0.15, -0.1) is 0 Å². The maximum atomic E-state index is 13.1. The van der Waals surface area contributed by atoms with Gasteiger partial charge in [0.15, 0.2) is 0 Å². The second kappa shape index (κ2) is 13.8. The van der Waals surface area contributed by atoms with E-state index in [9.17, 15) is 28.8 Å². The van der Waals surface area contributed by atoms with Gasteiger partial charge in [0.05, 0.1) is 13.2 Å². The van der Waals surface area contributed by atoms with Crippen molar-refractivity contribution in [3.63, 3.8) is 0 Å². The van der Waals surface area contributed by atoms with Gasteiger partial charge in [0.1, 0.15) is 25.3 Å². The van der Waals surface area contributed by atoms with Crippen LogP contribution in [0.25, 0.3) is 0 Å². The molecule has 2 aromatic rings. The average molecular weight is 651 g/mol. The molecule has 2 fully saturated rings. The van der Waals surface area contributed by atoms with E-state index in [1.54, 1.807) is 24.3 Å². The Morgan fingerprint density at radius 3 is 1.48 bits per heavy atom. The largest absolute Gasteiger partial charge is 0.366 e. The molecule has 6 rings (SSSR count). The van der Waals surface area contributed by atoms with Crippen LogP contribution >= 0.6 is 0 Å². The number of carbonyl (C=O) groups excluding carboxylic acids is 6. The monoisotopic (exact) mass is 650 g/mol. The van der Waals surface area contributed by atoms with Crippen molar-refractivity contribution < 1.29 is 38.2 Å². The zero-order chi connectivity index (χ0) is 33.9. The van der Waals surface area contributed by atoms with E-state index in [2.05, 4.69) is 23.7 Å². The predicted octanol–water partition coefficient (Wildman–Crippen LogP) is 1.33. The normalized spacial score (nSPS) is 20.5. The first-order chi connectivity index (χ1) is 23.2. The van der Waals surface area contributed by atoms with Crippen molar-refractivity contribution in [3.05, 3.63) is 69.8 Å². The molecule has 2 unspecified atom stereocenters. The zero-order valence-electron chi connectivity index (χ0n) is 26.7. The number of hydrogen-bond donors (Lipinski definition) is 0. The molecular formula is C36H34N4O8. The van der Waals surface area contributed by atoms with E-state index in [0.717, 1.165) is 20.9 Å². The van der Waals surface area contributed by atoms with E-state index < -0.39 is 12.1 Å². The molecule has 0 saturated carbocycles. The maximum Gasteiger partial charge on any atom is 0.255 e. The number of piperidine rings is 2. The first-order valence-electron chi connectivity index (χ1n) is 15.8. The summed E-state index contributed by atoms with van der Waals surface area (Å²) < 4.78 is 11.2. The average Bonchev–Trinajstić information content (AvgIpc) is 3.60. The molecule has 4 heterocycles. The molecular weight excluding hydrogens is 616 g/mol. The maximum absolute atomic E-state index is 13.1. The molecule has 12 nitrogen and oxygen atoms in total. The van der Waals surface area contributed by atoms with Crippen LogP contribution in [0.1, 0.15) is 68.7 Å². The summed E-state index contributed by atoms with van der Waals surface area (Å²) in [6.45, 7) is 1.41. The fourth-order valence-corrected chi connectivity index (χ4v) is 6.45. The zero-order valence-corrected chi connectivity index (χ0v) is 26.7. The molecule has 2 saturated heterocycles. The molecule has 48 heavy (non-hydrogen) atoms. The van der Waals surface area contributed by atoms with Crippen molar-refractivity contribution >= 4 is 35.4 Å². The number of ether oxygens (including phenoxy) is 2. The molecule has 0 aliphatic carbocycles. The highest BCUT2D eigenvalue weighted by molar-refractivity contribution is 6.06. The standard InChI is InChI=1S/C36H34N4O8/c1-37-31(41)15-13-29(35(37)45)39-21-27-23(7-3-11-25(27)33(39)43)9-5-17-47-19-20-48-18-6-10-24-8-4-12-26-28(24)22-40(34(26)44)30-14-16-32(42)38(2)36(30)46/h3-4,7-8,11-12,29-30H,13-22H2,1-2H3. The first kappa shape index (κ1) is 32.6. The summed E-state index contributed by atoms with van der Waals surface area (Å²) in [6.07, 6.45) is 1.06. The van der Waals surface area contributed by atoms with Crippen LogP contribution < -0.4 is 0 Å². The summed E-state index contributed by atoms with van der Waals surface area (Å²) in [5.41, 5.74) is 3.93. The van der Waals surface area contributed by atoms with Gasteiger partial charge in [0, 0.05) is 62.3 Å². The van der Waals surface area contributed by atoms with Gasteiger partial charge in [-0.3, -0.25) is 38.6 Å². The number of fused-ring (bicyclic) bond motifs is 2. The van der Waals surface area contributed by atoms with E-state index in [1.807, 2.05) is 12.1 Å². The first-order valence-corrected chi connectivity index (χ1v) is 15.8. The van der Waals surface area contributed by atoms with Crippen molar-refractivity contribution in [2.45, 2.75) is 50.9 Å². The summed E-state index contributed by atoms with van der Waals surface area (Å²) in [4.78, 5) is 80.5. The third-order valence-corrected chi connectivity index (χ3v) is 9.15. The van der Waals surface area contributed by atoms with Crippen LogP contribution in [0, 0.1) is 23.7 Å². The summed E-state index contributed by atoms with van der Waals surface area (Å²) in [5.74, 6) is 10.4. The lowest BCUT2D eigenvalue weighted by Gasteiger charge is -2.33. The third kappa shape index (κ3) is 6.20. The second-order valence-electron chi connectivity index (χ2n) is 11.9. The number of likely N-dealkylation sites (tertiary alicyclic amines) is 2. The molecule has 0 aromatic heterocycles. The van der Waals surface area contributed by atoms with Crippen molar-refractivity contribution in [2.75, 3.05) is 40.5 Å². The van der Waals surface area contributed by atoms with Gasteiger partial charge in [0.2, 0.25) is 11.8 Å². The highest BCUT2D eigenvalue weighted by Crippen LogP contribution is 2.32. The van der Waals surface area contributed by atoms with Crippen LogP contribution in [0.2, 0.25) is 0 Å².